The minimum absolute atomic E-state index is 0. The van der Waals surface area contributed by atoms with E-state index in [0.29, 0.717) is 11.5 Å². The summed E-state index contributed by atoms with van der Waals surface area (Å²) in [6.45, 7) is 7.05. The first-order valence-electron chi connectivity index (χ1n) is 10.1. The zero-order chi connectivity index (χ0) is 18.2. The summed E-state index contributed by atoms with van der Waals surface area (Å²) in [5.41, 5.74) is 0.376. The van der Waals surface area contributed by atoms with Crippen molar-refractivity contribution in [1.82, 2.24) is 10.6 Å². The van der Waals surface area contributed by atoms with Crippen LogP contribution >= 0.6 is 35.3 Å². The summed E-state index contributed by atoms with van der Waals surface area (Å²) in [5, 5.41) is 10.7. The van der Waals surface area contributed by atoms with Gasteiger partial charge in [-0.15, -0.1) is 35.3 Å². The van der Waals surface area contributed by atoms with E-state index in [1.165, 1.54) is 24.3 Å². The van der Waals surface area contributed by atoms with Gasteiger partial charge in [0.2, 0.25) is 0 Å². The van der Waals surface area contributed by atoms with Crippen LogP contribution < -0.4 is 15.5 Å². The quantitative estimate of drug-likeness (QED) is 0.317. The molecule has 0 bridgehead atoms. The zero-order valence-electron chi connectivity index (χ0n) is 16.7. The number of hydrogen-bond acceptors (Lipinski definition) is 4. The van der Waals surface area contributed by atoms with Gasteiger partial charge in [-0.2, -0.15) is 0 Å². The Kier molecular flexibility index (Phi) is 9.65. The largest absolute Gasteiger partial charge is 0.385 e. The number of nitrogens with one attached hydrogen (secondary N) is 2. The molecule has 1 saturated heterocycles. The molecule has 1 aliphatic carbocycles. The molecule has 1 aromatic heterocycles. The third kappa shape index (κ3) is 6.49. The van der Waals surface area contributed by atoms with Crippen LogP contribution in [-0.4, -0.2) is 51.9 Å². The molecule has 2 aliphatic rings. The topological polar surface area (TPSA) is 48.9 Å². The van der Waals surface area contributed by atoms with Crippen molar-refractivity contribution in [3.63, 3.8) is 0 Å². The predicted octanol–water partition coefficient (Wildman–Crippen LogP) is 4.10. The Balaban J connectivity index is 0.00000261. The maximum atomic E-state index is 5.31. The normalized spacial score (nSPS) is 19.9. The first-order chi connectivity index (χ1) is 12.7. The van der Waals surface area contributed by atoms with Gasteiger partial charge in [0.15, 0.2) is 5.96 Å². The van der Waals surface area contributed by atoms with E-state index in [9.17, 15) is 0 Å². The van der Waals surface area contributed by atoms with E-state index in [1.807, 2.05) is 11.3 Å². The van der Waals surface area contributed by atoms with Crippen LogP contribution in [0.3, 0.4) is 0 Å². The smallest absolute Gasteiger partial charge is 0.191 e. The van der Waals surface area contributed by atoms with Gasteiger partial charge in [-0.05, 0) is 62.0 Å². The van der Waals surface area contributed by atoms with Gasteiger partial charge in [0.05, 0.1) is 5.00 Å². The van der Waals surface area contributed by atoms with Crippen LogP contribution in [0.5, 0.6) is 0 Å². The minimum atomic E-state index is 0. The molecular formula is C20H35IN4OS. The van der Waals surface area contributed by atoms with E-state index in [4.69, 9.17) is 9.73 Å². The Labute approximate surface area is 185 Å². The number of guanidine groups is 1. The predicted molar refractivity (Wildman–Crippen MR) is 127 cm³/mol. The van der Waals surface area contributed by atoms with E-state index >= 15 is 0 Å². The second-order valence-corrected chi connectivity index (χ2v) is 8.57. The number of anilines is 1. The number of ether oxygens (including phenoxy) is 1. The van der Waals surface area contributed by atoms with Gasteiger partial charge < -0.3 is 20.3 Å². The highest BCUT2D eigenvalue weighted by Crippen LogP contribution is 2.44. The molecule has 27 heavy (non-hydrogen) atoms. The Morgan fingerprint density at radius 2 is 2.15 bits per heavy atom. The number of nitrogens with zero attached hydrogens (tertiary/aromatic N) is 2. The third-order valence-corrected chi connectivity index (χ3v) is 6.75. The van der Waals surface area contributed by atoms with E-state index < -0.39 is 0 Å². The van der Waals surface area contributed by atoms with Crippen LogP contribution in [0, 0.1) is 5.41 Å². The van der Waals surface area contributed by atoms with Crippen molar-refractivity contribution < 1.29 is 4.74 Å². The molecule has 2 fully saturated rings. The molecule has 0 atom stereocenters. The molecule has 1 aromatic rings. The van der Waals surface area contributed by atoms with Crippen LogP contribution in [0.25, 0.3) is 0 Å². The molecule has 0 aromatic carbocycles. The Morgan fingerprint density at radius 1 is 1.37 bits per heavy atom. The van der Waals surface area contributed by atoms with Gasteiger partial charge in [0, 0.05) is 45.9 Å². The third-order valence-electron chi connectivity index (χ3n) is 5.82. The molecule has 1 aliphatic heterocycles. The van der Waals surface area contributed by atoms with Gasteiger partial charge in [-0.3, -0.25) is 4.99 Å². The fourth-order valence-electron chi connectivity index (χ4n) is 3.94. The Morgan fingerprint density at radius 3 is 2.70 bits per heavy atom. The van der Waals surface area contributed by atoms with Crippen molar-refractivity contribution in [2.24, 2.45) is 10.4 Å². The van der Waals surface area contributed by atoms with Crippen LogP contribution in [0.15, 0.2) is 22.5 Å². The van der Waals surface area contributed by atoms with Crippen LogP contribution in [-0.2, 0) is 4.74 Å². The van der Waals surface area contributed by atoms with Crippen molar-refractivity contribution in [3.8, 4) is 0 Å². The van der Waals surface area contributed by atoms with Crippen LogP contribution in [0.2, 0.25) is 0 Å². The van der Waals surface area contributed by atoms with Crippen molar-refractivity contribution >= 4 is 46.3 Å². The van der Waals surface area contributed by atoms with Gasteiger partial charge in [0.1, 0.15) is 0 Å². The fourth-order valence-corrected chi connectivity index (χ4v) is 4.72. The number of halogens is 1. The fraction of sp³-hybridized carbons (Fsp3) is 0.750. The van der Waals surface area contributed by atoms with Crippen molar-refractivity contribution in [2.45, 2.75) is 51.5 Å². The van der Waals surface area contributed by atoms with E-state index in [2.05, 4.69) is 40.0 Å². The highest BCUT2D eigenvalue weighted by molar-refractivity contribution is 14.0. The lowest BCUT2D eigenvalue weighted by molar-refractivity contribution is 0.0778. The number of piperidine rings is 1. The van der Waals surface area contributed by atoms with E-state index in [-0.39, 0.29) is 24.0 Å². The molecule has 7 heteroatoms. The molecule has 0 radical (unpaired) electrons. The average molecular weight is 506 g/mol. The van der Waals surface area contributed by atoms with Crippen LogP contribution in [0.1, 0.15) is 45.4 Å². The summed E-state index contributed by atoms with van der Waals surface area (Å²) in [7, 11) is 1.80. The van der Waals surface area contributed by atoms with E-state index in [1.54, 1.807) is 7.11 Å². The molecule has 2 N–H and O–H groups in total. The molecule has 154 valence electrons. The van der Waals surface area contributed by atoms with Gasteiger partial charge in [0.25, 0.3) is 0 Å². The standard InChI is InChI=1S/C20H34N4OS.HI/c1-3-21-19(22-16-20(9-5-10-20)11-14-25-2)23-17-7-12-24(13-8-17)18-6-4-15-26-18;/h4,6,15,17H,3,5,7-14,16H2,1-2H3,(H2,21,22,23);1H. The molecule has 5 nitrogen and oxygen atoms in total. The average Bonchev–Trinajstić information content (AvgIpc) is 3.16. The van der Waals surface area contributed by atoms with Crippen molar-refractivity contribution in [1.29, 1.82) is 0 Å². The second-order valence-electron chi connectivity index (χ2n) is 7.65. The molecule has 0 amide bonds. The van der Waals surface area contributed by atoms with E-state index in [0.717, 1.165) is 58.0 Å². The Hall–Kier alpha value is -0.540. The highest BCUT2D eigenvalue weighted by atomic mass is 127. The second kappa shape index (κ2) is 11.5. The summed E-state index contributed by atoms with van der Waals surface area (Å²) in [6.07, 6.45) is 7.38. The maximum Gasteiger partial charge on any atom is 0.191 e. The number of hydrogen-bond donors (Lipinski definition) is 2. The molecule has 2 heterocycles. The lowest BCUT2D eigenvalue weighted by Crippen LogP contribution is -2.49. The molecule has 1 saturated carbocycles. The lowest BCUT2D eigenvalue weighted by Gasteiger charge is -2.41. The summed E-state index contributed by atoms with van der Waals surface area (Å²) >= 11 is 1.84. The molecule has 0 unspecified atom stereocenters. The lowest BCUT2D eigenvalue weighted by atomic mass is 9.67. The number of aliphatic imine (C=N–C) groups is 1. The summed E-state index contributed by atoms with van der Waals surface area (Å²) in [6, 6.07) is 4.88. The van der Waals surface area contributed by atoms with Crippen LogP contribution in [0.4, 0.5) is 5.00 Å². The highest BCUT2D eigenvalue weighted by Gasteiger charge is 2.36. The monoisotopic (exact) mass is 506 g/mol. The Bertz CT molecular complexity index is 554. The first-order valence-corrected chi connectivity index (χ1v) is 10.9. The van der Waals surface area contributed by atoms with Gasteiger partial charge >= 0.3 is 0 Å². The van der Waals surface area contributed by atoms with Gasteiger partial charge in [-0.25, -0.2) is 0 Å². The molecule has 3 rings (SSSR count). The summed E-state index contributed by atoms with van der Waals surface area (Å²) in [5.74, 6) is 0.991. The summed E-state index contributed by atoms with van der Waals surface area (Å²) < 4.78 is 5.31. The molecule has 0 spiro atoms. The summed E-state index contributed by atoms with van der Waals surface area (Å²) in [4.78, 5) is 7.45. The number of thiophene rings is 1. The number of rotatable bonds is 8. The molecular weight excluding hydrogens is 471 g/mol. The van der Waals surface area contributed by atoms with Crippen molar-refractivity contribution in [3.05, 3.63) is 17.5 Å². The maximum absolute atomic E-state index is 5.31. The first kappa shape index (κ1) is 22.7. The van der Waals surface area contributed by atoms with Gasteiger partial charge in [-0.1, -0.05) is 6.42 Å². The number of methoxy groups -OCH3 is 1. The zero-order valence-corrected chi connectivity index (χ0v) is 19.9. The SMILES string of the molecule is CCNC(=NCC1(CCOC)CCC1)NC1CCN(c2cccs2)CC1.I. The van der Waals surface area contributed by atoms with Crippen molar-refractivity contribution in [2.75, 3.05) is 44.8 Å². The minimum Gasteiger partial charge on any atom is -0.385 e.